The molecule has 1 amide bonds. The van der Waals surface area contributed by atoms with Crippen LogP contribution in [0.15, 0.2) is 41.3 Å². The van der Waals surface area contributed by atoms with Gasteiger partial charge in [0.25, 0.3) is 15.9 Å². The van der Waals surface area contributed by atoms with Crippen molar-refractivity contribution in [2.24, 2.45) is 0 Å². The zero-order chi connectivity index (χ0) is 23.1. The monoisotopic (exact) mass is 516 g/mol. The Morgan fingerprint density at radius 2 is 1.58 bits per heavy atom. The summed E-state index contributed by atoms with van der Waals surface area (Å²) in [7, 11) is -4.64. The van der Waals surface area contributed by atoms with E-state index in [1.165, 1.54) is 4.72 Å². The fourth-order valence-corrected chi connectivity index (χ4v) is 3.95. The van der Waals surface area contributed by atoms with Gasteiger partial charge in [-0.25, -0.2) is 22.2 Å². The average molecular weight is 518 g/mol. The van der Waals surface area contributed by atoms with Gasteiger partial charge in [-0.2, -0.15) is 13.2 Å². The van der Waals surface area contributed by atoms with Crippen LogP contribution in [0.2, 0.25) is 15.1 Å². The Morgan fingerprint density at radius 3 is 2.16 bits per heavy atom. The third-order valence-corrected chi connectivity index (χ3v) is 6.09. The van der Waals surface area contributed by atoms with E-state index in [9.17, 15) is 30.8 Å². The third kappa shape index (κ3) is 4.76. The number of halogens is 7. The zero-order valence-corrected chi connectivity index (χ0v) is 17.7. The Labute approximate surface area is 186 Å². The largest absolute Gasteiger partial charge is 0.435 e. The molecule has 0 aliphatic rings. The number of sulfonamides is 1. The summed E-state index contributed by atoms with van der Waals surface area (Å²) in [6.07, 6.45) is -5.20. The molecule has 15 heteroatoms. The summed E-state index contributed by atoms with van der Waals surface area (Å²) in [4.78, 5) is 11.8. The molecule has 0 aliphatic heterocycles. The molecular weight excluding hydrogens is 511 g/mol. The van der Waals surface area contributed by atoms with Crippen molar-refractivity contribution in [1.29, 1.82) is 0 Å². The SMILES string of the molecule is O=C(NS(=O)(=O)c1ccc(F)cc1)c1nnn(-c2cc(Cl)c(Cl)cc2Cl)c1C(F)(F)F. The maximum atomic E-state index is 13.7. The zero-order valence-electron chi connectivity index (χ0n) is 14.6. The summed E-state index contributed by atoms with van der Waals surface area (Å²) < 4.78 is 80.3. The minimum Gasteiger partial charge on any atom is -0.266 e. The molecule has 0 saturated carbocycles. The minimum absolute atomic E-state index is 0.0487. The van der Waals surface area contributed by atoms with E-state index in [2.05, 4.69) is 10.3 Å². The molecule has 1 heterocycles. The Kier molecular flexibility index (Phi) is 6.20. The highest BCUT2D eigenvalue weighted by Crippen LogP contribution is 2.37. The Hall–Kier alpha value is -2.41. The molecule has 0 fully saturated rings. The molecule has 3 rings (SSSR count). The van der Waals surface area contributed by atoms with Crippen molar-refractivity contribution in [2.75, 3.05) is 0 Å². The standard InChI is InChI=1S/C16H7Cl3F4N4O3S/c17-9-5-11(19)12(6-10(9)18)27-14(16(21,22)23)13(24-26-27)15(28)25-31(29,30)8-3-1-7(20)2-4-8/h1-6H,(H,25,28). The van der Waals surface area contributed by atoms with Crippen LogP contribution in [0, 0.1) is 5.82 Å². The van der Waals surface area contributed by atoms with Gasteiger partial charge in [0, 0.05) is 0 Å². The Morgan fingerprint density at radius 1 is 1.00 bits per heavy atom. The maximum absolute atomic E-state index is 13.7. The number of carbonyl (C=O) groups is 1. The molecule has 1 N–H and O–H groups in total. The van der Waals surface area contributed by atoms with Crippen LogP contribution >= 0.6 is 34.8 Å². The van der Waals surface area contributed by atoms with Crippen molar-refractivity contribution >= 4 is 50.7 Å². The second-order valence-electron chi connectivity index (χ2n) is 5.80. The van der Waals surface area contributed by atoms with Crippen LogP contribution in [-0.2, 0) is 16.2 Å². The van der Waals surface area contributed by atoms with Gasteiger partial charge >= 0.3 is 6.18 Å². The predicted octanol–water partition coefficient (Wildman–Crippen LogP) is 4.50. The first-order valence-corrected chi connectivity index (χ1v) is 10.4. The van der Waals surface area contributed by atoms with Gasteiger partial charge < -0.3 is 0 Å². The lowest BCUT2D eigenvalue weighted by Gasteiger charge is -2.13. The van der Waals surface area contributed by atoms with E-state index in [1.54, 1.807) is 0 Å². The normalized spacial score (nSPS) is 12.1. The quantitative estimate of drug-likeness (QED) is 0.406. The number of amides is 1. The van der Waals surface area contributed by atoms with Crippen LogP contribution in [0.3, 0.4) is 0 Å². The summed E-state index contributed by atoms with van der Waals surface area (Å²) in [6.45, 7) is 0. The summed E-state index contributed by atoms with van der Waals surface area (Å²) in [6, 6.07) is 5.25. The van der Waals surface area contributed by atoms with E-state index in [0.717, 1.165) is 36.4 Å². The second-order valence-corrected chi connectivity index (χ2v) is 8.71. The molecule has 7 nitrogen and oxygen atoms in total. The minimum atomic E-state index is -5.20. The molecule has 31 heavy (non-hydrogen) atoms. The van der Waals surface area contributed by atoms with Gasteiger partial charge in [0.15, 0.2) is 11.4 Å². The lowest BCUT2D eigenvalue weighted by Crippen LogP contribution is -2.32. The topological polar surface area (TPSA) is 93.9 Å². The average Bonchev–Trinajstić information content (AvgIpc) is 3.10. The molecule has 1 aromatic heterocycles. The summed E-state index contributed by atoms with van der Waals surface area (Å²) in [5.74, 6) is -2.48. The van der Waals surface area contributed by atoms with Gasteiger partial charge in [-0.1, -0.05) is 40.0 Å². The summed E-state index contributed by atoms with van der Waals surface area (Å²) >= 11 is 17.5. The second kappa shape index (κ2) is 8.26. The van der Waals surface area contributed by atoms with Crippen LogP contribution in [0.25, 0.3) is 5.69 Å². The fraction of sp³-hybridized carbons (Fsp3) is 0.0625. The molecule has 164 valence electrons. The molecule has 0 saturated heterocycles. The smallest absolute Gasteiger partial charge is 0.266 e. The molecule has 0 radical (unpaired) electrons. The first-order valence-electron chi connectivity index (χ1n) is 7.82. The van der Waals surface area contributed by atoms with Crippen LogP contribution in [0.5, 0.6) is 0 Å². The van der Waals surface area contributed by atoms with E-state index < -0.39 is 49.9 Å². The predicted molar refractivity (Wildman–Crippen MR) is 102 cm³/mol. The van der Waals surface area contributed by atoms with Gasteiger partial charge in [-0.3, -0.25) is 4.79 Å². The number of nitrogens with one attached hydrogen (secondary N) is 1. The highest BCUT2D eigenvalue weighted by molar-refractivity contribution is 7.90. The van der Waals surface area contributed by atoms with Crippen molar-refractivity contribution in [3.8, 4) is 5.69 Å². The lowest BCUT2D eigenvalue weighted by molar-refractivity contribution is -0.143. The Balaban J connectivity index is 2.07. The van der Waals surface area contributed by atoms with Gasteiger partial charge in [0.1, 0.15) is 5.82 Å². The molecule has 0 atom stereocenters. The van der Waals surface area contributed by atoms with Gasteiger partial charge in [-0.05, 0) is 36.4 Å². The molecule has 0 unspecified atom stereocenters. The molecule has 0 aliphatic carbocycles. The number of hydrogen-bond acceptors (Lipinski definition) is 5. The van der Waals surface area contributed by atoms with E-state index in [0.29, 0.717) is 0 Å². The first-order chi connectivity index (χ1) is 14.3. The van der Waals surface area contributed by atoms with Gasteiger partial charge in [0.2, 0.25) is 0 Å². The molecular formula is C16H7Cl3F4N4O3S. The molecule has 0 bridgehead atoms. The molecule has 2 aromatic carbocycles. The summed E-state index contributed by atoms with van der Waals surface area (Å²) in [5.41, 5.74) is -3.46. The highest BCUT2D eigenvalue weighted by Gasteiger charge is 2.43. The van der Waals surface area contributed by atoms with Crippen LogP contribution in [-0.4, -0.2) is 29.3 Å². The number of nitrogens with zero attached hydrogens (tertiary/aromatic N) is 3. The number of carbonyl (C=O) groups excluding carboxylic acids is 1. The number of rotatable bonds is 4. The van der Waals surface area contributed by atoms with Crippen molar-refractivity contribution in [2.45, 2.75) is 11.1 Å². The van der Waals surface area contributed by atoms with Crippen LogP contribution < -0.4 is 4.72 Å². The molecule has 0 spiro atoms. The third-order valence-electron chi connectivity index (χ3n) is 3.72. The van der Waals surface area contributed by atoms with Gasteiger partial charge in [-0.15, -0.1) is 5.10 Å². The van der Waals surface area contributed by atoms with E-state index >= 15 is 0 Å². The van der Waals surface area contributed by atoms with Crippen LogP contribution in [0.1, 0.15) is 16.2 Å². The van der Waals surface area contributed by atoms with Crippen molar-refractivity contribution in [3.05, 3.63) is 68.7 Å². The van der Waals surface area contributed by atoms with E-state index in [4.69, 9.17) is 34.8 Å². The molecule has 3 aromatic rings. The van der Waals surface area contributed by atoms with Crippen LogP contribution in [0.4, 0.5) is 17.6 Å². The van der Waals surface area contributed by atoms with Crippen molar-refractivity contribution in [1.82, 2.24) is 19.7 Å². The van der Waals surface area contributed by atoms with E-state index in [-0.39, 0.29) is 19.7 Å². The summed E-state index contributed by atoms with van der Waals surface area (Å²) in [5, 5.41) is 5.94. The fourth-order valence-electron chi connectivity index (χ4n) is 2.38. The van der Waals surface area contributed by atoms with E-state index in [1.807, 2.05) is 0 Å². The number of benzene rings is 2. The number of alkyl halides is 3. The maximum Gasteiger partial charge on any atom is 0.435 e. The van der Waals surface area contributed by atoms with Gasteiger partial charge in [0.05, 0.1) is 25.7 Å². The lowest BCUT2D eigenvalue weighted by atomic mass is 10.2. The Bertz CT molecular complexity index is 1280. The number of aromatic nitrogens is 3. The first kappa shape index (κ1) is 23.3. The van der Waals surface area contributed by atoms with Crippen molar-refractivity contribution in [3.63, 3.8) is 0 Å². The number of hydrogen-bond donors (Lipinski definition) is 1. The highest BCUT2D eigenvalue weighted by atomic mass is 35.5. The van der Waals surface area contributed by atoms with Crippen molar-refractivity contribution < 1.29 is 30.8 Å².